The lowest BCUT2D eigenvalue weighted by Gasteiger charge is -2.19. The summed E-state index contributed by atoms with van der Waals surface area (Å²) in [7, 11) is 1.64. The Labute approximate surface area is 101 Å². The van der Waals surface area contributed by atoms with Gasteiger partial charge in [-0.15, -0.1) is 0 Å². The number of rotatable bonds is 4. The molecule has 0 spiro atoms. The molecule has 1 atom stereocenters. The molecule has 1 aliphatic rings. The van der Waals surface area contributed by atoms with Gasteiger partial charge in [0.2, 0.25) is 0 Å². The number of ether oxygens (including phenoxy) is 1. The fraction of sp³-hybridized carbons (Fsp3) is 0.538. The van der Waals surface area contributed by atoms with E-state index in [1.54, 1.807) is 13.2 Å². The van der Waals surface area contributed by atoms with Gasteiger partial charge in [-0.3, -0.25) is 0 Å². The van der Waals surface area contributed by atoms with Crippen LogP contribution < -0.4 is 4.74 Å². The Bertz CT molecular complexity index is 386. The average molecular weight is 241 g/mol. The van der Waals surface area contributed by atoms with Crippen molar-refractivity contribution in [3.05, 3.63) is 28.8 Å². The summed E-state index contributed by atoms with van der Waals surface area (Å²) in [5.41, 5.74) is 1.09. The second-order valence-electron chi connectivity index (χ2n) is 4.83. The lowest BCUT2D eigenvalue weighted by molar-refractivity contribution is 0.102. The molecule has 1 aromatic rings. The summed E-state index contributed by atoms with van der Waals surface area (Å²) >= 11 is 5.95. The molecular weight excluding hydrogens is 224 g/mol. The molecule has 1 unspecified atom stereocenters. The molecule has 0 bridgehead atoms. The van der Waals surface area contributed by atoms with Crippen molar-refractivity contribution in [2.24, 2.45) is 5.41 Å². The van der Waals surface area contributed by atoms with Crippen LogP contribution in [0.4, 0.5) is 0 Å². The molecule has 2 rings (SSSR count). The van der Waals surface area contributed by atoms with E-state index in [9.17, 15) is 5.11 Å². The molecule has 88 valence electrons. The number of aliphatic hydroxyl groups is 1. The fourth-order valence-corrected chi connectivity index (χ4v) is 2.09. The van der Waals surface area contributed by atoms with Gasteiger partial charge in [0.15, 0.2) is 0 Å². The zero-order valence-electron chi connectivity index (χ0n) is 9.66. The van der Waals surface area contributed by atoms with Gasteiger partial charge in [0.25, 0.3) is 0 Å². The third-order valence-electron chi connectivity index (χ3n) is 3.50. The van der Waals surface area contributed by atoms with E-state index in [0.29, 0.717) is 11.4 Å². The van der Waals surface area contributed by atoms with Crippen LogP contribution in [0.15, 0.2) is 18.2 Å². The van der Waals surface area contributed by atoms with Crippen molar-refractivity contribution >= 4 is 11.6 Å². The highest BCUT2D eigenvalue weighted by atomic mass is 35.5. The third kappa shape index (κ3) is 2.33. The van der Waals surface area contributed by atoms with Gasteiger partial charge in [-0.05, 0) is 42.0 Å². The molecule has 2 nitrogen and oxygen atoms in total. The van der Waals surface area contributed by atoms with Gasteiger partial charge in [0.05, 0.1) is 13.2 Å². The van der Waals surface area contributed by atoms with Crippen molar-refractivity contribution in [3.8, 4) is 5.75 Å². The van der Waals surface area contributed by atoms with Crippen LogP contribution in [0, 0.1) is 5.41 Å². The summed E-state index contributed by atoms with van der Waals surface area (Å²) < 4.78 is 5.26. The van der Waals surface area contributed by atoms with Crippen LogP contribution in [0.1, 0.15) is 25.3 Å². The first kappa shape index (κ1) is 11.7. The SMILES string of the molecule is COc1ccc(Cl)cc1CC(O)C1(C)CC1. The number of hydrogen-bond acceptors (Lipinski definition) is 2. The molecule has 0 aliphatic heterocycles. The Morgan fingerprint density at radius 1 is 1.50 bits per heavy atom. The van der Waals surface area contributed by atoms with E-state index in [2.05, 4.69) is 6.92 Å². The Kier molecular flexibility index (Phi) is 3.13. The van der Waals surface area contributed by atoms with E-state index in [4.69, 9.17) is 16.3 Å². The number of benzene rings is 1. The maximum atomic E-state index is 10.1. The summed E-state index contributed by atoms with van der Waals surface area (Å²) in [6.07, 6.45) is 2.52. The number of hydrogen-bond donors (Lipinski definition) is 1. The Morgan fingerprint density at radius 3 is 2.75 bits per heavy atom. The standard InChI is InChI=1S/C13H17ClO2/c1-13(5-6-13)12(15)8-9-7-10(14)3-4-11(9)16-2/h3-4,7,12,15H,5-6,8H2,1-2H3. The first-order chi connectivity index (χ1) is 7.55. The third-order valence-corrected chi connectivity index (χ3v) is 3.73. The van der Waals surface area contributed by atoms with Gasteiger partial charge in [-0.25, -0.2) is 0 Å². The number of methoxy groups -OCH3 is 1. The molecule has 1 aromatic carbocycles. The monoisotopic (exact) mass is 240 g/mol. The quantitative estimate of drug-likeness (QED) is 0.877. The van der Waals surface area contributed by atoms with E-state index < -0.39 is 0 Å². The van der Waals surface area contributed by atoms with Gasteiger partial charge in [-0.1, -0.05) is 18.5 Å². The van der Waals surface area contributed by atoms with Gasteiger partial charge in [-0.2, -0.15) is 0 Å². The van der Waals surface area contributed by atoms with E-state index >= 15 is 0 Å². The Hall–Kier alpha value is -0.730. The molecular formula is C13H17ClO2. The number of aliphatic hydroxyl groups excluding tert-OH is 1. The normalized spacial score (nSPS) is 19.2. The highest BCUT2D eigenvalue weighted by Crippen LogP contribution is 2.49. The lowest BCUT2D eigenvalue weighted by Crippen LogP contribution is -2.21. The molecule has 0 radical (unpaired) electrons. The Balaban J connectivity index is 2.16. The van der Waals surface area contributed by atoms with Gasteiger partial charge in [0.1, 0.15) is 5.75 Å². The summed E-state index contributed by atoms with van der Waals surface area (Å²) in [6.45, 7) is 2.12. The molecule has 1 saturated carbocycles. The highest BCUT2D eigenvalue weighted by molar-refractivity contribution is 6.30. The fourth-order valence-electron chi connectivity index (χ4n) is 1.89. The predicted molar refractivity (Wildman–Crippen MR) is 65.1 cm³/mol. The van der Waals surface area contributed by atoms with Crippen molar-refractivity contribution in [1.82, 2.24) is 0 Å². The van der Waals surface area contributed by atoms with Crippen LogP contribution in [0.3, 0.4) is 0 Å². The van der Waals surface area contributed by atoms with Gasteiger partial charge < -0.3 is 9.84 Å². The van der Waals surface area contributed by atoms with Crippen LogP contribution in [-0.2, 0) is 6.42 Å². The second-order valence-corrected chi connectivity index (χ2v) is 5.27. The highest BCUT2D eigenvalue weighted by Gasteiger charge is 2.44. The number of halogens is 1. The maximum Gasteiger partial charge on any atom is 0.122 e. The molecule has 0 amide bonds. The summed E-state index contributed by atoms with van der Waals surface area (Å²) in [6, 6.07) is 5.52. The van der Waals surface area contributed by atoms with Crippen LogP contribution in [0.5, 0.6) is 5.75 Å². The van der Waals surface area contributed by atoms with Crippen LogP contribution in [-0.4, -0.2) is 18.3 Å². The average Bonchev–Trinajstić information content (AvgIpc) is 2.98. The maximum absolute atomic E-state index is 10.1. The van der Waals surface area contributed by atoms with Gasteiger partial charge >= 0.3 is 0 Å². The first-order valence-corrected chi connectivity index (χ1v) is 5.93. The van der Waals surface area contributed by atoms with E-state index in [1.807, 2.05) is 12.1 Å². The summed E-state index contributed by atoms with van der Waals surface area (Å²) in [4.78, 5) is 0. The minimum atomic E-state index is -0.306. The molecule has 1 aliphatic carbocycles. The van der Waals surface area contributed by atoms with Gasteiger partial charge in [0, 0.05) is 11.4 Å². The molecule has 1 N–H and O–H groups in total. The largest absolute Gasteiger partial charge is 0.496 e. The van der Waals surface area contributed by atoms with Crippen molar-refractivity contribution in [2.75, 3.05) is 7.11 Å². The molecule has 0 aromatic heterocycles. The topological polar surface area (TPSA) is 29.5 Å². The van der Waals surface area contributed by atoms with Crippen molar-refractivity contribution in [3.63, 3.8) is 0 Å². The van der Waals surface area contributed by atoms with Crippen LogP contribution in [0.2, 0.25) is 5.02 Å². The first-order valence-electron chi connectivity index (χ1n) is 5.56. The molecule has 3 heteroatoms. The minimum Gasteiger partial charge on any atom is -0.496 e. The van der Waals surface area contributed by atoms with Crippen molar-refractivity contribution in [1.29, 1.82) is 0 Å². The van der Waals surface area contributed by atoms with Crippen LogP contribution >= 0.6 is 11.6 Å². The smallest absolute Gasteiger partial charge is 0.122 e. The summed E-state index contributed by atoms with van der Waals surface area (Å²) in [5, 5.41) is 10.8. The molecule has 1 fully saturated rings. The molecule has 0 heterocycles. The minimum absolute atomic E-state index is 0.104. The van der Waals surface area contributed by atoms with E-state index in [1.165, 1.54) is 0 Å². The molecule has 16 heavy (non-hydrogen) atoms. The summed E-state index contributed by atoms with van der Waals surface area (Å²) in [5.74, 6) is 0.799. The predicted octanol–water partition coefficient (Wildman–Crippen LogP) is 3.05. The second kappa shape index (κ2) is 4.27. The zero-order valence-corrected chi connectivity index (χ0v) is 10.4. The van der Waals surface area contributed by atoms with Crippen LogP contribution in [0.25, 0.3) is 0 Å². The van der Waals surface area contributed by atoms with E-state index in [0.717, 1.165) is 24.2 Å². The van der Waals surface area contributed by atoms with E-state index in [-0.39, 0.29) is 11.5 Å². The molecule has 0 saturated heterocycles. The van der Waals surface area contributed by atoms with Crippen molar-refractivity contribution < 1.29 is 9.84 Å². The lowest BCUT2D eigenvalue weighted by atomic mass is 9.95. The zero-order chi connectivity index (χ0) is 11.8. The Morgan fingerprint density at radius 2 is 2.19 bits per heavy atom. The van der Waals surface area contributed by atoms with Crippen molar-refractivity contribution in [2.45, 2.75) is 32.3 Å².